The van der Waals surface area contributed by atoms with E-state index in [9.17, 15) is 18.4 Å². The van der Waals surface area contributed by atoms with Gasteiger partial charge >= 0.3 is 5.97 Å². The number of imidazole rings is 1. The normalized spacial score (nSPS) is 11.1. The zero-order valence-corrected chi connectivity index (χ0v) is 15.2. The number of esters is 1. The van der Waals surface area contributed by atoms with Gasteiger partial charge in [0, 0.05) is 16.5 Å². The molecule has 26 heavy (non-hydrogen) atoms. The lowest BCUT2D eigenvalue weighted by molar-refractivity contribution is -0.119. The summed E-state index contributed by atoms with van der Waals surface area (Å²) < 4.78 is 31.5. The van der Waals surface area contributed by atoms with Gasteiger partial charge in [-0.25, -0.2) is 9.78 Å². The average Bonchev–Trinajstić information content (AvgIpc) is 3.14. The number of rotatable bonds is 6. The van der Waals surface area contributed by atoms with Gasteiger partial charge in [-0.15, -0.1) is 11.3 Å². The number of ether oxygens (including phenoxy) is 1. The van der Waals surface area contributed by atoms with Crippen LogP contribution in [0, 0.1) is 0 Å². The molecule has 0 saturated heterocycles. The smallest absolute Gasteiger partial charge is 0.359 e. The van der Waals surface area contributed by atoms with Crippen molar-refractivity contribution >= 4 is 57.2 Å². The molecule has 0 atom stereocenters. The van der Waals surface area contributed by atoms with Gasteiger partial charge in [0.2, 0.25) is 0 Å². The molecule has 1 amide bonds. The summed E-state index contributed by atoms with van der Waals surface area (Å²) in [6.07, 6.45) is 1.60. The Labute approximate surface area is 159 Å². The number of benzene rings is 1. The van der Waals surface area contributed by atoms with E-state index < -0.39 is 24.2 Å². The predicted molar refractivity (Wildman–Crippen MR) is 95.3 cm³/mol. The highest BCUT2D eigenvalue weighted by Gasteiger charge is 2.21. The molecule has 0 spiro atoms. The Hall–Kier alpha value is -2.17. The Morgan fingerprint density at radius 3 is 2.92 bits per heavy atom. The van der Waals surface area contributed by atoms with Crippen LogP contribution in [0.3, 0.4) is 0 Å². The lowest BCUT2D eigenvalue weighted by Gasteiger charge is -2.10. The fourth-order valence-corrected chi connectivity index (χ4v) is 3.70. The summed E-state index contributed by atoms with van der Waals surface area (Å²) in [6.45, 7) is -0.597. The molecule has 3 aromatic rings. The molecule has 2 heterocycles. The van der Waals surface area contributed by atoms with Gasteiger partial charge in [-0.05, 0) is 12.1 Å². The average molecular weight is 418 g/mol. The topological polar surface area (TPSA) is 72.7 Å². The van der Waals surface area contributed by atoms with Gasteiger partial charge in [0.1, 0.15) is 0 Å². The predicted octanol–water partition coefficient (Wildman–Crippen LogP) is 4.16. The zero-order chi connectivity index (χ0) is 18.7. The molecular formula is C15H10ClF2N3O3S2. The van der Waals surface area contributed by atoms with E-state index >= 15 is 0 Å². The van der Waals surface area contributed by atoms with E-state index in [2.05, 4.69) is 10.3 Å². The van der Waals surface area contributed by atoms with Crippen molar-refractivity contribution < 1.29 is 23.1 Å². The number of amides is 1. The van der Waals surface area contributed by atoms with Crippen LogP contribution in [-0.4, -0.2) is 33.6 Å². The third-order valence-corrected chi connectivity index (χ3v) is 4.93. The van der Waals surface area contributed by atoms with Crippen molar-refractivity contribution in [1.82, 2.24) is 9.38 Å². The molecule has 11 heteroatoms. The van der Waals surface area contributed by atoms with E-state index in [1.807, 2.05) is 0 Å². The van der Waals surface area contributed by atoms with Crippen LogP contribution in [0.2, 0.25) is 5.15 Å². The molecule has 6 nitrogen and oxygen atoms in total. The summed E-state index contributed by atoms with van der Waals surface area (Å²) in [6, 6.07) is 6.11. The lowest BCUT2D eigenvalue weighted by atomic mass is 10.3. The molecule has 0 aliphatic rings. The third-order valence-electron chi connectivity index (χ3n) is 3.12. The highest BCUT2D eigenvalue weighted by molar-refractivity contribution is 7.99. The number of thioether (sulfide) groups is 1. The fraction of sp³-hybridized carbons (Fsp3) is 0.133. The van der Waals surface area contributed by atoms with Crippen molar-refractivity contribution in [2.75, 3.05) is 11.9 Å². The maximum absolute atomic E-state index is 12.5. The molecule has 0 fully saturated rings. The van der Waals surface area contributed by atoms with E-state index in [1.165, 1.54) is 27.9 Å². The Morgan fingerprint density at radius 2 is 2.15 bits per heavy atom. The summed E-state index contributed by atoms with van der Waals surface area (Å²) in [5.41, 5.74) is 0.228. The molecule has 0 aliphatic carbocycles. The number of nitrogens with one attached hydrogen (secondary N) is 1. The molecular weight excluding hydrogens is 408 g/mol. The molecule has 1 N–H and O–H groups in total. The number of carbonyl (C=O) groups is 2. The van der Waals surface area contributed by atoms with Crippen molar-refractivity contribution in [3.05, 3.63) is 46.7 Å². The highest BCUT2D eigenvalue weighted by atomic mass is 35.5. The summed E-state index contributed by atoms with van der Waals surface area (Å²) in [7, 11) is 0. The Bertz CT molecular complexity index is 961. The Balaban J connectivity index is 1.64. The van der Waals surface area contributed by atoms with E-state index in [0.717, 1.165) is 0 Å². The van der Waals surface area contributed by atoms with Crippen molar-refractivity contribution in [3.63, 3.8) is 0 Å². The number of alkyl halides is 2. The van der Waals surface area contributed by atoms with Gasteiger partial charge in [-0.1, -0.05) is 35.5 Å². The number of halogens is 3. The van der Waals surface area contributed by atoms with E-state index in [0.29, 0.717) is 16.7 Å². The molecule has 1 aromatic carbocycles. The first-order chi connectivity index (χ1) is 12.5. The minimum absolute atomic E-state index is 0.0179. The van der Waals surface area contributed by atoms with Gasteiger partial charge in [-0.3, -0.25) is 9.20 Å². The van der Waals surface area contributed by atoms with Crippen LogP contribution in [0.1, 0.15) is 10.5 Å². The van der Waals surface area contributed by atoms with Crippen LogP contribution in [0.25, 0.3) is 4.96 Å². The third kappa shape index (κ3) is 4.14. The van der Waals surface area contributed by atoms with E-state index in [1.54, 1.807) is 23.7 Å². The minimum Gasteiger partial charge on any atom is -0.451 e. The molecule has 0 saturated carbocycles. The van der Waals surface area contributed by atoms with Crippen LogP contribution < -0.4 is 5.32 Å². The first-order valence-electron chi connectivity index (χ1n) is 7.07. The fourth-order valence-electron chi connectivity index (χ4n) is 2.10. The van der Waals surface area contributed by atoms with Gasteiger partial charge in [0.15, 0.2) is 22.4 Å². The number of hydrogen-bond donors (Lipinski definition) is 1. The number of anilines is 1. The van der Waals surface area contributed by atoms with Crippen LogP contribution in [0.15, 0.2) is 40.7 Å². The first kappa shape index (κ1) is 18.6. The lowest BCUT2D eigenvalue weighted by Crippen LogP contribution is -2.22. The van der Waals surface area contributed by atoms with Crippen molar-refractivity contribution in [1.29, 1.82) is 0 Å². The number of carbonyl (C=O) groups excluding carboxylic acids is 2. The Morgan fingerprint density at radius 1 is 1.38 bits per heavy atom. The SMILES string of the molecule is O=C(COC(=O)c1c(Cl)nc2sccn12)Nc1ccccc1SC(F)F. The number of aromatic nitrogens is 2. The van der Waals surface area contributed by atoms with Crippen molar-refractivity contribution in [3.8, 4) is 0 Å². The maximum atomic E-state index is 12.5. The maximum Gasteiger partial charge on any atom is 0.359 e. The molecule has 136 valence electrons. The molecule has 2 aromatic heterocycles. The second-order valence-corrected chi connectivity index (χ2v) is 7.07. The standard InChI is InChI=1S/C15H10ClF2N3O3S2/c16-12-11(21-5-6-25-15(21)20-12)13(23)24-7-10(22)19-8-3-1-2-4-9(8)26-14(17)18/h1-6,14H,7H2,(H,19,22). The van der Waals surface area contributed by atoms with Gasteiger partial charge in [-0.2, -0.15) is 8.78 Å². The van der Waals surface area contributed by atoms with Crippen LogP contribution in [0.4, 0.5) is 14.5 Å². The van der Waals surface area contributed by atoms with Gasteiger partial charge in [0.25, 0.3) is 11.7 Å². The van der Waals surface area contributed by atoms with E-state index in [-0.39, 0.29) is 21.4 Å². The summed E-state index contributed by atoms with van der Waals surface area (Å²) >= 11 is 7.52. The number of fused-ring (bicyclic) bond motifs is 1. The quantitative estimate of drug-likeness (QED) is 0.481. The summed E-state index contributed by atoms with van der Waals surface area (Å²) in [5, 5.41) is 4.13. The number of thiazole rings is 1. The largest absolute Gasteiger partial charge is 0.451 e. The van der Waals surface area contributed by atoms with Crippen molar-refractivity contribution in [2.24, 2.45) is 0 Å². The van der Waals surface area contributed by atoms with Crippen LogP contribution in [0.5, 0.6) is 0 Å². The number of nitrogens with zero attached hydrogens (tertiary/aromatic N) is 2. The highest BCUT2D eigenvalue weighted by Crippen LogP contribution is 2.31. The number of para-hydroxylation sites is 1. The first-order valence-corrected chi connectivity index (χ1v) is 9.21. The van der Waals surface area contributed by atoms with Crippen LogP contribution >= 0.6 is 34.7 Å². The molecule has 3 rings (SSSR count). The summed E-state index contributed by atoms with van der Waals surface area (Å²) in [4.78, 5) is 28.9. The molecule has 0 radical (unpaired) electrons. The Kier molecular flexibility index (Phi) is 5.74. The van der Waals surface area contributed by atoms with E-state index in [4.69, 9.17) is 16.3 Å². The number of hydrogen-bond acceptors (Lipinski definition) is 6. The minimum atomic E-state index is -2.62. The zero-order valence-electron chi connectivity index (χ0n) is 12.8. The molecule has 0 unspecified atom stereocenters. The second-order valence-electron chi connectivity index (χ2n) is 4.81. The second kappa shape index (κ2) is 8.02. The van der Waals surface area contributed by atoms with Gasteiger partial charge < -0.3 is 10.1 Å². The van der Waals surface area contributed by atoms with Gasteiger partial charge in [0.05, 0.1) is 5.69 Å². The molecule has 0 aliphatic heterocycles. The monoisotopic (exact) mass is 417 g/mol. The van der Waals surface area contributed by atoms with Crippen LogP contribution in [-0.2, 0) is 9.53 Å². The summed E-state index contributed by atoms with van der Waals surface area (Å²) in [5.74, 6) is -4.10. The van der Waals surface area contributed by atoms with Crippen molar-refractivity contribution in [2.45, 2.75) is 10.7 Å². The molecule has 0 bridgehead atoms.